The second kappa shape index (κ2) is 6.29. The van der Waals surface area contributed by atoms with Crippen molar-refractivity contribution >= 4 is 11.6 Å². The summed E-state index contributed by atoms with van der Waals surface area (Å²) in [7, 11) is 0. The van der Waals surface area contributed by atoms with Crippen LogP contribution in [-0.4, -0.2) is 41.9 Å². The maximum absolute atomic E-state index is 12.0. The van der Waals surface area contributed by atoms with Crippen LogP contribution in [-0.2, 0) is 11.2 Å². The highest BCUT2D eigenvalue weighted by molar-refractivity contribution is 5.76. The van der Waals surface area contributed by atoms with Crippen molar-refractivity contribution in [2.75, 3.05) is 26.2 Å². The predicted molar refractivity (Wildman–Crippen MR) is 70.9 cm³/mol. The zero-order valence-corrected chi connectivity index (χ0v) is 10.7. The maximum Gasteiger partial charge on any atom is 0.272 e. The third kappa shape index (κ3) is 3.51. The van der Waals surface area contributed by atoms with Crippen LogP contribution in [0.1, 0.15) is 12.0 Å². The van der Waals surface area contributed by atoms with E-state index in [1.807, 2.05) is 4.90 Å². The van der Waals surface area contributed by atoms with Crippen LogP contribution >= 0.6 is 0 Å². The van der Waals surface area contributed by atoms with Gasteiger partial charge in [-0.25, -0.2) is 0 Å². The number of nitrogens with zero attached hydrogens (tertiary/aromatic N) is 2. The molecule has 6 nitrogen and oxygen atoms in total. The van der Waals surface area contributed by atoms with Gasteiger partial charge in [0.2, 0.25) is 5.91 Å². The molecule has 1 aromatic carbocycles. The van der Waals surface area contributed by atoms with Crippen molar-refractivity contribution in [2.24, 2.45) is 0 Å². The van der Waals surface area contributed by atoms with Crippen molar-refractivity contribution in [3.63, 3.8) is 0 Å². The fourth-order valence-corrected chi connectivity index (χ4v) is 2.21. The van der Waals surface area contributed by atoms with Crippen LogP contribution < -0.4 is 5.32 Å². The number of rotatable bonds is 4. The smallest absolute Gasteiger partial charge is 0.272 e. The number of hydrogen-bond acceptors (Lipinski definition) is 4. The first kappa shape index (κ1) is 13.5. The van der Waals surface area contributed by atoms with Gasteiger partial charge in [0.1, 0.15) is 0 Å². The van der Waals surface area contributed by atoms with Crippen LogP contribution in [0.2, 0.25) is 0 Å². The lowest BCUT2D eigenvalue weighted by Crippen LogP contribution is -2.46. The summed E-state index contributed by atoms with van der Waals surface area (Å²) in [6.45, 7) is 3.07. The standard InChI is InChI=1S/C13H17N3O3/c17-13(15-9-7-14-8-10-15)6-5-11-3-1-2-4-12(11)16(18)19/h1-4,14H,5-10H2. The summed E-state index contributed by atoms with van der Waals surface area (Å²) in [6.07, 6.45) is 0.741. The predicted octanol–water partition coefficient (Wildman–Crippen LogP) is 0.959. The molecule has 0 spiro atoms. The zero-order chi connectivity index (χ0) is 13.7. The lowest BCUT2D eigenvalue weighted by Gasteiger charge is -2.27. The molecule has 0 bridgehead atoms. The van der Waals surface area contributed by atoms with E-state index in [4.69, 9.17) is 0 Å². The highest BCUT2D eigenvalue weighted by Crippen LogP contribution is 2.19. The molecule has 1 N–H and O–H groups in total. The summed E-state index contributed by atoms with van der Waals surface area (Å²) < 4.78 is 0. The first-order valence-corrected chi connectivity index (χ1v) is 6.39. The summed E-state index contributed by atoms with van der Waals surface area (Å²) >= 11 is 0. The summed E-state index contributed by atoms with van der Waals surface area (Å²) in [5, 5.41) is 14.1. The van der Waals surface area contributed by atoms with Gasteiger partial charge in [0, 0.05) is 44.2 Å². The summed E-state index contributed by atoms with van der Waals surface area (Å²) in [5.41, 5.74) is 0.714. The summed E-state index contributed by atoms with van der Waals surface area (Å²) in [4.78, 5) is 24.3. The Hall–Kier alpha value is -1.95. The summed E-state index contributed by atoms with van der Waals surface area (Å²) in [5.74, 6) is 0.0691. The Bertz CT molecular complexity index is 470. The number of aryl methyl sites for hydroxylation is 1. The molecule has 1 aliphatic rings. The molecule has 6 heteroatoms. The number of benzene rings is 1. The molecule has 0 unspecified atom stereocenters. The van der Waals surface area contributed by atoms with Crippen molar-refractivity contribution in [3.05, 3.63) is 39.9 Å². The lowest BCUT2D eigenvalue weighted by atomic mass is 10.1. The van der Waals surface area contributed by atoms with Gasteiger partial charge in [-0.15, -0.1) is 0 Å². The fourth-order valence-electron chi connectivity index (χ4n) is 2.21. The van der Waals surface area contributed by atoms with E-state index in [2.05, 4.69) is 5.32 Å². The third-order valence-corrected chi connectivity index (χ3v) is 3.27. The monoisotopic (exact) mass is 263 g/mol. The lowest BCUT2D eigenvalue weighted by molar-refractivity contribution is -0.385. The highest BCUT2D eigenvalue weighted by atomic mass is 16.6. The van der Waals surface area contributed by atoms with E-state index < -0.39 is 4.92 Å². The second-order valence-corrected chi connectivity index (χ2v) is 4.52. The van der Waals surface area contributed by atoms with Gasteiger partial charge in [-0.05, 0) is 6.42 Å². The molecule has 0 radical (unpaired) electrons. The number of nitrogens with one attached hydrogen (secondary N) is 1. The molecule has 0 aliphatic carbocycles. The van der Waals surface area contributed by atoms with E-state index in [1.165, 1.54) is 6.07 Å². The number of carbonyl (C=O) groups is 1. The molecule has 19 heavy (non-hydrogen) atoms. The first-order valence-electron chi connectivity index (χ1n) is 6.39. The van der Waals surface area contributed by atoms with Crippen LogP contribution in [0.4, 0.5) is 5.69 Å². The molecule has 0 atom stereocenters. The number of hydrogen-bond donors (Lipinski definition) is 1. The Morgan fingerprint density at radius 1 is 1.32 bits per heavy atom. The van der Waals surface area contributed by atoms with Gasteiger partial charge in [-0.2, -0.15) is 0 Å². The van der Waals surface area contributed by atoms with Crippen LogP contribution in [0.25, 0.3) is 0 Å². The van der Waals surface area contributed by atoms with Crippen molar-refractivity contribution in [1.82, 2.24) is 10.2 Å². The minimum atomic E-state index is -0.398. The largest absolute Gasteiger partial charge is 0.340 e. The van der Waals surface area contributed by atoms with Crippen LogP contribution in [0, 0.1) is 10.1 Å². The molecule has 102 valence electrons. The van der Waals surface area contributed by atoms with E-state index in [9.17, 15) is 14.9 Å². The SMILES string of the molecule is O=C(CCc1ccccc1[N+](=O)[O-])N1CCNCC1. The fraction of sp³-hybridized carbons (Fsp3) is 0.462. The van der Waals surface area contributed by atoms with Crippen LogP contribution in [0.3, 0.4) is 0 Å². The van der Waals surface area contributed by atoms with Gasteiger partial charge in [0.05, 0.1) is 4.92 Å². The molecule has 1 fully saturated rings. The van der Waals surface area contributed by atoms with Crippen LogP contribution in [0.15, 0.2) is 24.3 Å². The molecular weight excluding hydrogens is 246 g/mol. The Balaban J connectivity index is 1.94. The van der Waals surface area contributed by atoms with E-state index in [0.717, 1.165) is 26.2 Å². The molecular formula is C13H17N3O3. The van der Waals surface area contributed by atoms with Gasteiger partial charge in [0.25, 0.3) is 5.69 Å². The molecule has 1 saturated heterocycles. The Morgan fingerprint density at radius 3 is 2.68 bits per heavy atom. The normalized spacial score (nSPS) is 15.3. The molecule has 1 aliphatic heterocycles. The van der Waals surface area contributed by atoms with Crippen molar-refractivity contribution in [2.45, 2.75) is 12.8 Å². The van der Waals surface area contributed by atoms with Gasteiger partial charge in [0.15, 0.2) is 0 Å². The zero-order valence-electron chi connectivity index (χ0n) is 10.7. The van der Waals surface area contributed by atoms with E-state index in [-0.39, 0.29) is 11.6 Å². The average Bonchev–Trinajstić information content (AvgIpc) is 2.46. The molecule has 1 heterocycles. The second-order valence-electron chi connectivity index (χ2n) is 4.52. The molecule has 2 rings (SSSR count). The maximum atomic E-state index is 12.0. The Labute approximate surface area is 111 Å². The number of carbonyl (C=O) groups excluding carboxylic acids is 1. The minimum absolute atomic E-state index is 0.0691. The van der Waals surface area contributed by atoms with Crippen LogP contribution in [0.5, 0.6) is 0 Å². The number of piperazine rings is 1. The minimum Gasteiger partial charge on any atom is -0.340 e. The molecule has 1 amide bonds. The summed E-state index contributed by atoms with van der Waals surface area (Å²) in [6, 6.07) is 6.59. The van der Waals surface area contributed by atoms with Crippen molar-refractivity contribution in [3.8, 4) is 0 Å². The third-order valence-electron chi connectivity index (χ3n) is 3.27. The number of nitro benzene ring substituents is 1. The highest BCUT2D eigenvalue weighted by Gasteiger charge is 2.18. The van der Waals surface area contributed by atoms with Gasteiger partial charge >= 0.3 is 0 Å². The van der Waals surface area contributed by atoms with E-state index in [1.54, 1.807) is 18.2 Å². The molecule has 0 aromatic heterocycles. The number of nitro groups is 1. The Kier molecular flexibility index (Phi) is 4.46. The van der Waals surface area contributed by atoms with Gasteiger partial charge in [-0.3, -0.25) is 14.9 Å². The van der Waals surface area contributed by atoms with Crippen molar-refractivity contribution in [1.29, 1.82) is 0 Å². The van der Waals surface area contributed by atoms with Gasteiger partial charge in [-0.1, -0.05) is 18.2 Å². The van der Waals surface area contributed by atoms with Gasteiger partial charge < -0.3 is 10.2 Å². The average molecular weight is 263 g/mol. The molecule has 1 aromatic rings. The quantitative estimate of drug-likeness (QED) is 0.648. The number of amides is 1. The van der Waals surface area contributed by atoms with E-state index in [0.29, 0.717) is 18.4 Å². The Morgan fingerprint density at radius 2 is 2.00 bits per heavy atom. The first-order chi connectivity index (χ1) is 9.18. The number of para-hydroxylation sites is 1. The molecule has 0 saturated carbocycles. The topological polar surface area (TPSA) is 75.5 Å². The van der Waals surface area contributed by atoms with Crippen molar-refractivity contribution < 1.29 is 9.72 Å². The van der Waals surface area contributed by atoms with E-state index >= 15 is 0 Å².